The molecular weight excluding hydrogens is 395 g/mol. The third kappa shape index (κ3) is 5.57. The van der Waals surface area contributed by atoms with Gasteiger partial charge in [-0.1, -0.05) is 6.07 Å². The molecule has 3 aromatic rings. The molecule has 0 radical (unpaired) electrons. The van der Waals surface area contributed by atoms with Crippen molar-refractivity contribution in [3.63, 3.8) is 0 Å². The second kappa shape index (κ2) is 9.55. The first-order valence-electron chi connectivity index (χ1n) is 10.5. The molecule has 0 saturated carbocycles. The highest BCUT2D eigenvalue weighted by Gasteiger charge is 2.14. The number of aryl methyl sites for hydroxylation is 1. The molecule has 2 aromatic carbocycles. The molecule has 6 nitrogen and oxygen atoms in total. The number of halogens is 1. The SMILES string of the molecule is Cc1cc(N2CCCCC2)nc(CNC(=O)c2cccc(Oc3ccc(F)cc3)c2)n1. The molecular formula is C24H25FN4O2. The van der Waals surface area contributed by atoms with E-state index in [1.807, 2.05) is 13.0 Å². The highest BCUT2D eigenvalue weighted by Crippen LogP contribution is 2.23. The van der Waals surface area contributed by atoms with Crippen molar-refractivity contribution < 1.29 is 13.9 Å². The number of anilines is 1. The Morgan fingerprint density at radius 1 is 1.03 bits per heavy atom. The van der Waals surface area contributed by atoms with E-state index in [1.54, 1.807) is 24.3 Å². The largest absolute Gasteiger partial charge is 0.457 e. The van der Waals surface area contributed by atoms with Gasteiger partial charge >= 0.3 is 0 Å². The van der Waals surface area contributed by atoms with E-state index in [4.69, 9.17) is 4.74 Å². The summed E-state index contributed by atoms with van der Waals surface area (Å²) < 4.78 is 18.8. The first kappa shape index (κ1) is 20.8. The van der Waals surface area contributed by atoms with Gasteiger partial charge in [-0.25, -0.2) is 14.4 Å². The van der Waals surface area contributed by atoms with Crippen molar-refractivity contribution >= 4 is 11.7 Å². The van der Waals surface area contributed by atoms with E-state index < -0.39 is 0 Å². The molecule has 1 saturated heterocycles. The summed E-state index contributed by atoms with van der Waals surface area (Å²) in [5.41, 5.74) is 1.35. The summed E-state index contributed by atoms with van der Waals surface area (Å²) in [5, 5.41) is 2.88. The number of carbonyl (C=O) groups excluding carboxylic acids is 1. The smallest absolute Gasteiger partial charge is 0.251 e. The van der Waals surface area contributed by atoms with Crippen LogP contribution in [-0.4, -0.2) is 29.0 Å². The molecule has 1 fully saturated rings. The van der Waals surface area contributed by atoms with Crippen LogP contribution in [0.4, 0.5) is 10.2 Å². The monoisotopic (exact) mass is 420 g/mol. The number of hydrogen-bond acceptors (Lipinski definition) is 5. The van der Waals surface area contributed by atoms with E-state index in [0.29, 0.717) is 22.9 Å². The summed E-state index contributed by atoms with van der Waals surface area (Å²) in [5.74, 6) is 1.94. The fourth-order valence-corrected chi connectivity index (χ4v) is 3.58. The van der Waals surface area contributed by atoms with Gasteiger partial charge in [-0.15, -0.1) is 0 Å². The molecule has 1 aromatic heterocycles. The van der Waals surface area contributed by atoms with Gasteiger partial charge in [0.2, 0.25) is 0 Å². The molecule has 7 heteroatoms. The van der Waals surface area contributed by atoms with Crippen LogP contribution in [0.25, 0.3) is 0 Å². The Morgan fingerprint density at radius 2 is 1.81 bits per heavy atom. The molecule has 1 N–H and O–H groups in total. The van der Waals surface area contributed by atoms with Crippen LogP contribution in [0.3, 0.4) is 0 Å². The summed E-state index contributed by atoms with van der Waals surface area (Å²) in [6, 6.07) is 14.6. The molecule has 0 bridgehead atoms. The second-order valence-corrected chi connectivity index (χ2v) is 7.60. The zero-order valence-electron chi connectivity index (χ0n) is 17.5. The molecule has 1 amide bonds. The van der Waals surface area contributed by atoms with E-state index in [2.05, 4.69) is 20.2 Å². The number of piperidine rings is 1. The summed E-state index contributed by atoms with van der Waals surface area (Å²) in [6.07, 6.45) is 3.60. The van der Waals surface area contributed by atoms with E-state index in [0.717, 1.165) is 24.6 Å². The minimum Gasteiger partial charge on any atom is -0.457 e. The highest BCUT2D eigenvalue weighted by molar-refractivity contribution is 5.94. The number of hydrogen-bond donors (Lipinski definition) is 1. The lowest BCUT2D eigenvalue weighted by molar-refractivity contribution is 0.0949. The molecule has 0 spiro atoms. The molecule has 0 atom stereocenters. The van der Waals surface area contributed by atoms with Crippen LogP contribution in [0.5, 0.6) is 11.5 Å². The fourth-order valence-electron chi connectivity index (χ4n) is 3.58. The lowest BCUT2D eigenvalue weighted by Gasteiger charge is -2.28. The average molecular weight is 420 g/mol. The van der Waals surface area contributed by atoms with Gasteiger partial charge in [0.15, 0.2) is 0 Å². The Bertz CT molecular complexity index is 1050. The molecule has 1 aliphatic heterocycles. The van der Waals surface area contributed by atoms with Gasteiger partial charge in [-0.2, -0.15) is 0 Å². The van der Waals surface area contributed by atoms with Gasteiger partial charge in [0.25, 0.3) is 5.91 Å². The van der Waals surface area contributed by atoms with Crippen LogP contribution in [0.15, 0.2) is 54.6 Å². The highest BCUT2D eigenvalue weighted by atomic mass is 19.1. The summed E-state index contributed by atoms with van der Waals surface area (Å²) in [7, 11) is 0. The molecule has 0 unspecified atom stereocenters. The van der Waals surface area contributed by atoms with Crippen LogP contribution in [0.2, 0.25) is 0 Å². The first-order chi connectivity index (χ1) is 15.1. The van der Waals surface area contributed by atoms with Gasteiger partial charge in [0.05, 0.1) is 6.54 Å². The molecule has 1 aliphatic rings. The van der Waals surface area contributed by atoms with Gasteiger partial charge in [0.1, 0.15) is 29.0 Å². The quantitative estimate of drug-likeness (QED) is 0.629. The summed E-state index contributed by atoms with van der Waals surface area (Å²) >= 11 is 0. The fraction of sp³-hybridized carbons (Fsp3) is 0.292. The maximum Gasteiger partial charge on any atom is 0.251 e. The zero-order valence-corrected chi connectivity index (χ0v) is 17.5. The zero-order chi connectivity index (χ0) is 21.6. The Labute approximate surface area is 181 Å². The van der Waals surface area contributed by atoms with Crippen LogP contribution in [-0.2, 0) is 6.54 Å². The molecule has 0 aliphatic carbocycles. The minimum atomic E-state index is -0.331. The summed E-state index contributed by atoms with van der Waals surface area (Å²) in [4.78, 5) is 24.0. The number of carbonyl (C=O) groups is 1. The van der Waals surface area contributed by atoms with Crippen LogP contribution in [0.1, 0.15) is 41.1 Å². The van der Waals surface area contributed by atoms with Crippen LogP contribution >= 0.6 is 0 Å². The molecule has 4 rings (SSSR count). The van der Waals surface area contributed by atoms with Crippen molar-refractivity contribution in [3.05, 3.63) is 77.5 Å². The Morgan fingerprint density at radius 3 is 2.58 bits per heavy atom. The number of rotatable bonds is 6. The number of nitrogens with one attached hydrogen (secondary N) is 1. The van der Waals surface area contributed by atoms with Crippen molar-refractivity contribution in [2.45, 2.75) is 32.7 Å². The van der Waals surface area contributed by atoms with Gasteiger partial charge in [-0.3, -0.25) is 4.79 Å². The number of benzene rings is 2. The van der Waals surface area contributed by atoms with Gasteiger partial charge in [0, 0.05) is 30.4 Å². The van der Waals surface area contributed by atoms with E-state index in [9.17, 15) is 9.18 Å². The normalized spacial score (nSPS) is 13.7. The Balaban J connectivity index is 1.40. The number of ether oxygens (including phenoxy) is 1. The number of aromatic nitrogens is 2. The van der Waals surface area contributed by atoms with E-state index >= 15 is 0 Å². The third-order valence-corrected chi connectivity index (χ3v) is 5.12. The van der Waals surface area contributed by atoms with Crippen LogP contribution in [0, 0.1) is 12.7 Å². The van der Waals surface area contributed by atoms with Crippen molar-refractivity contribution in [2.75, 3.05) is 18.0 Å². The predicted molar refractivity (Wildman–Crippen MR) is 117 cm³/mol. The lowest BCUT2D eigenvalue weighted by Crippen LogP contribution is -2.31. The first-order valence-corrected chi connectivity index (χ1v) is 10.5. The van der Waals surface area contributed by atoms with Crippen molar-refractivity contribution in [3.8, 4) is 11.5 Å². The second-order valence-electron chi connectivity index (χ2n) is 7.60. The molecule has 31 heavy (non-hydrogen) atoms. The lowest BCUT2D eigenvalue weighted by atomic mass is 10.1. The summed E-state index contributed by atoms with van der Waals surface area (Å²) in [6.45, 7) is 4.19. The van der Waals surface area contributed by atoms with Gasteiger partial charge in [-0.05, 0) is 68.7 Å². The van der Waals surface area contributed by atoms with Crippen molar-refractivity contribution in [2.24, 2.45) is 0 Å². The number of amides is 1. The number of nitrogens with zero attached hydrogens (tertiary/aromatic N) is 3. The van der Waals surface area contributed by atoms with Crippen molar-refractivity contribution in [1.29, 1.82) is 0 Å². The Hall–Kier alpha value is -3.48. The molecule has 2 heterocycles. The maximum absolute atomic E-state index is 13.1. The maximum atomic E-state index is 13.1. The predicted octanol–water partition coefficient (Wildman–Crippen LogP) is 4.64. The minimum absolute atomic E-state index is 0.240. The topological polar surface area (TPSA) is 67.4 Å². The van der Waals surface area contributed by atoms with E-state index in [-0.39, 0.29) is 18.3 Å². The van der Waals surface area contributed by atoms with Crippen molar-refractivity contribution in [1.82, 2.24) is 15.3 Å². The Kier molecular flexibility index (Phi) is 6.40. The standard InChI is InChI=1S/C24H25FN4O2/c1-17-14-23(29-12-3-2-4-13-29)28-22(27-17)16-26-24(30)18-6-5-7-21(15-18)31-20-10-8-19(25)9-11-20/h5-11,14-15H,2-4,12-13,16H2,1H3,(H,26,30). The van der Waals surface area contributed by atoms with Gasteiger partial charge < -0.3 is 15.0 Å². The van der Waals surface area contributed by atoms with Crippen LogP contribution < -0.4 is 15.0 Å². The average Bonchev–Trinajstić information content (AvgIpc) is 2.79. The molecule has 160 valence electrons. The third-order valence-electron chi connectivity index (χ3n) is 5.12. The van der Waals surface area contributed by atoms with E-state index in [1.165, 1.54) is 43.5 Å².